The summed E-state index contributed by atoms with van der Waals surface area (Å²) in [5, 5.41) is 6.67. The quantitative estimate of drug-likeness (QED) is 0.225. The Morgan fingerprint density at radius 2 is 1.49 bits per heavy atom. The van der Waals surface area contributed by atoms with Crippen LogP contribution < -0.4 is 10.6 Å². The van der Waals surface area contributed by atoms with E-state index < -0.39 is 17.2 Å². The topological polar surface area (TPSA) is 93.7 Å². The Morgan fingerprint density at radius 3 is 2.09 bits per heavy atom. The smallest absolute Gasteiger partial charge is 0.408 e. The number of carbonyl (C=O) groups excluding carboxylic acids is 3. The van der Waals surface area contributed by atoms with Crippen molar-refractivity contribution in [1.29, 1.82) is 0 Å². The highest BCUT2D eigenvalue weighted by atomic mass is 16.6. The molecule has 7 rings (SSSR count). The van der Waals surface area contributed by atoms with Crippen molar-refractivity contribution in [3.05, 3.63) is 53.6 Å². The van der Waals surface area contributed by atoms with Crippen molar-refractivity contribution in [3.63, 3.8) is 0 Å². The lowest BCUT2D eigenvalue weighted by Gasteiger charge is -2.72. The Morgan fingerprint density at radius 1 is 0.811 bits per heavy atom. The number of allylic oxidation sites excluding steroid dienone is 3. The zero-order valence-corrected chi connectivity index (χ0v) is 34.3. The van der Waals surface area contributed by atoms with E-state index in [1.165, 1.54) is 49.5 Å². The first-order chi connectivity index (χ1) is 24.7. The van der Waals surface area contributed by atoms with E-state index in [0.717, 1.165) is 32.1 Å². The van der Waals surface area contributed by atoms with E-state index in [1.807, 2.05) is 32.9 Å². The molecule has 0 saturated heterocycles. The van der Waals surface area contributed by atoms with Crippen LogP contribution in [0.3, 0.4) is 0 Å². The van der Waals surface area contributed by atoms with Gasteiger partial charge in [-0.1, -0.05) is 65.0 Å². The minimum Gasteiger partial charge on any atom is -0.465 e. The first-order valence-corrected chi connectivity index (χ1v) is 20.6. The van der Waals surface area contributed by atoms with Crippen LogP contribution in [0.5, 0.6) is 0 Å². The van der Waals surface area contributed by atoms with Crippen molar-refractivity contribution in [2.75, 3.05) is 7.11 Å². The molecular weight excluding hydrogens is 661 g/mol. The monoisotopic (exact) mass is 726 g/mol. The molecule has 6 aliphatic carbocycles. The van der Waals surface area contributed by atoms with Gasteiger partial charge in [-0.25, -0.2) is 9.59 Å². The SMILES string of the molecule is C=C(C)[C@@H]1CC[C@]2(NC(=O)C3(NC(=O)OC(C)(C)C)CC3)CC[C@]3(C)[C@H](CC[C@@H]4[C@@]5(C)CC=C(c6ccc(C(=O)OC)cc6)C(C)(C)[C@@H]5CC[C@]43C)[C@@H]12. The molecular formula is C46H66N2O5. The minimum atomic E-state index is -0.871. The lowest BCUT2D eigenvalue weighted by Crippen LogP contribution is -2.69. The van der Waals surface area contributed by atoms with E-state index in [4.69, 9.17) is 9.47 Å². The largest absolute Gasteiger partial charge is 0.465 e. The molecule has 7 nitrogen and oxygen atoms in total. The van der Waals surface area contributed by atoms with Gasteiger partial charge < -0.3 is 20.1 Å². The van der Waals surface area contributed by atoms with Gasteiger partial charge in [-0.3, -0.25) is 4.79 Å². The van der Waals surface area contributed by atoms with E-state index in [1.54, 1.807) is 0 Å². The van der Waals surface area contributed by atoms with E-state index >= 15 is 0 Å². The second kappa shape index (κ2) is 12.5. The maximum Gasteiger partial charge on any atom is 0.408 e. The Hall–Kier alpha value is -3.09. The van der Waals surface area contributed by atoms with Gasteiger partial charge in [0.15, 0.2) is 0 Å². The summed E-state index contributed by atoms with van der Waals surface area (Å²) in [7, 11) is 1.43. The Bertz CT molecular complexity index is 1720. The number of hydrogen-bond acceptors (Lipinski definition) is 5. The van der Waals surface area contributed by atoms with Gasteiger partial charge in [0.25, 0.3) is 0 Å². The highest BCUT2D eigenvalue weighted by Gasteiger charge is 2.71. The molecule has 5 fully saturated rings. The molecule has 0 aliphatic heterocycles. The van der Waals surface area contributed by atoms with E-state index in [9.17, 15) is 14.4 Å². The molecule has 2 amide bonds. The number of esters is 1. The van der Waals surface area contributed by atoms with Gasteiger partial charge in [-0.2, -0.15) is 0 Å². The van der Waals surface area contributed by atoms with E-state index in [-0.39, 0.29) is 39.1 Å². The van der Waals surface area contributed by atoms with Gasteiger partial charge in [0.2, 0.25) is 5.91 Å². The van der Waals surface area contributed by atoms with E-state index in [2.05, 4.69) is 77.0 Å². The number of ether oxygens (including phenoxy) is 2. The number of rotatable bonds is 6. The first kappa shape index (κ1) is 38.2. The van der Waals surface area contributed by atoms with Gasteiger partial charge in [0.05, 0.1) is 12.7 Å². The van der Waals surface area contributed by atoms with Gasteiger partial charge >= 0.3 is 12.1 Å². The molecule has 6 aliphatic rings. The van der Waals surface area contributed by atoms with Gasteiger partial charge in [0, 0.05) is 5.54 Å². The molecule has 5 saturated carbocycles. The molecule has 53 heavy (non-hydrogen) atoms. The van der Waals surface area contributed by atoms with Crippen LogP contribution in [0.15, 0.2) is 42.5 Å². The van der Waals surface area contributed by atoms with Crippen LogP contribution in [-0.2, 0) is 14.3 Å². The van der Waals surface area contributed by atoms with Crippen molar-refractivity contribution < 1.29 is 23.9 Å². The molecule has 0 heterocycles. The summed E-state index contributed by atoms with van der Waals surface area (Å²) in [5.41, 5.74) is 3.17. The molecule has 0 aromatic heterocycles. The average Bonchev–Trinajstić information content (AvgIpc) is 3.75. The van der Waals surface area contributed by atoms with Crippen LogP contribution >= 0.6 is 0 Å². The third kappa shape index (κ3) is 5.83. The fourth-order valence-corrected chi connectivity index (χ4v) is 13.7. The number of nitrogens with one attached hydrogen (secondary N) is 2. The molecule has 0 unspecified atom stereocenters. The standard InChI is InChI=1S/C46H66N2O5/c1-28(2)31-18-23-45(47-38(50)46(26-27-46)48-39(51)53-40(3,4)5)25-24-43(9)33(36(31)45)16-17-35-42(8)21-19-32(29-12-14-30(15-13-29)37(49)52-11)41(6,7)34(42)20-22-44(35,43)10/h12-15,19,31,33-36H,1,16-18,20-27H2,2-11H3,(H,47,50)(H,48,51)/t31-,33+,34-,35+,36+,42-,43+,44+,45-/m0/s1. The highest BCUT2D eigenvalue weighted by molar-refractivity contribution is 5.93. The third-order valence-corrected chi connectivity index (χ3v) is 16.5. The normalized spacial score (nSPS) is 39.1. The van der Waals surface area contributed by atoms with Crippen molar-refractivity contribution in [3.8, 4) is 0 Å². The Kier molecular flexibility index (Phi) is 8.98. The van der Waals surface area contributed by atoms with Crippen molar-refractivity contribution in [2.24, 2.45) is 51.2 Å². The first-order valence-electron chi connectivity index (χ1n) is 20.6. The van der Waals surface area contributed by atoms with Crippen molar-refractivity contribution >= 4 is 23.5 Å². The van der Waals surface area contributed by atoms with Crippen molar-refractivity contribution in [2.45, 2.75) is 150 Å². The number of alkyl carbamates (subject to hydrolysis) is 1. The summed E-state index contributed by atoms with van der Waals surface area (Å²) in [4.78, 5) is 39.3. The summed E-state index contributed by atoms with van der Waals surface area (Å²) < 4.78 is 10.5. The molecule has 0 radical (unpaired) electrons. The number of benzene rings is 1. The fraction of sp³-hybridized carbons (Fsp3) is 0.717. The zero-order valence-electron chi connectivity index (χ0n) is 34.3. The van der Waals surface area contributed by atoms with Crippen LogP contribution in [0.1, 0.15) is 149 Å². The lowest BCUT2D eigenvalue weighted by atomic mass is 9.33. The van der Waals surface area contributed by atoms with Gasteiger partial charge in [-0.15, -0.1) is 0 Å². The van der Waals surface area contributed by atoms with Crippen LogP contribution in [-0.4, -0.2) is 41.8 Å². The van der Waals surface area contributed by atoms with Gasteiger partial charge in [-0.05, 0) is 173 Å². The van der Waals surface area contributed by atoms with Crippen LogP contribution in [0, 0.1) is 51.2 Å². The summed E-state index contributed by atoms with van der Waals surface area (Å²) in [6.45, 7) is 25.1. The molecule has 1 aromatic carbocycles. The Labute approximate surface area is 318 Å². The number of fused-ring (bicyclic) bond motifs is 7. The number of amides is 2. The second-order valence-corrected chi connectivity index (χ2v) is 20.6. The lowest BCUT2D eigenvalue weighted by molar-refractivity contribution is -0.219. The third-order valence-electron chi connectivity index (χ3n) is 16.5. The number of hydrogen-bond donors (Lipinski definition) is 2. The van der Waals surface area contributed by atoms with Crippen molar-refractivity contribution in [1.82, 2.24) is 10.6 Å². The second-order valence-electron chi connectivity index (χ2n) is 20.6. The number of methoxy groups -OCH3 is 1. The molecule has 0 spiro atoms. The predicted octanol–water partition coefficient (Wildman–Crippen LogP) is 10.0. The van der Waals surface area contributed by atoms with Crippen LogP contribution in [0.2, 0.25) is 0 Å². The molecule has 0 bridgehead atoms. The van der Waals surface area contributed by atoms with Crippen LogP contribution in [0.25, 0.3) is 5.57 Å². The molecule has 290 valence electrons. The molecule has 7 heteroatoms. The highest BCUT2D eigenvalue weighted by Crippen LogP contribution is 2.76. The fourth-order valence-electron chi connectivity index (χ4n) is 13.7. The average molecular weight is 727 g/mol. The predicted molar refractivity (Wildman–Crippen MR) is 210 cm³/mol. The van der Waals surface area contributed by atoms with Gasteiger partial charge in [0.1, 0.15) is 11.1 Å². The minimum absolute atomic E-state index is 0.00648. The summed E-state index contributed by atoms with van der Waals surface area (Å²) in [6, 6.07) is 8.02. The molecule has 2 N–H and O–H groups in total. The summed E-state index contributed by atoms with van der Waals surface area (Å²) in [5.74, 6) is 2.04. The summed E-state index contributed by atoms with van der Waals surface area (Å²) in [6.07, 6.45) is 13.3. The van der Waals surface area contributed by atoms with E-state index in [0.29, 0.717) is 48.0 Å². The maximum atomic E-state index is 14.3. The zero-order chi connectivity index (χ0) is 38.6. The summed E-state index contributed by atoms with van der Waals surface area (Å²) >= 11 is 0. The van der Waals surface area contributed by atoms with Crippen LogP contribution in [0.4, 0.5) is 4.79 Å². The Balaban J connectivity index is 1.16. The number of carbonyl (C=O) groups is 3. The molecule has 9 atom stereocenters. The molecule has 1 aromatic rings. The maximum absolute atomic E-state index is 14.3.